The van der Waals surface area contributed by atoms with Crippen LogP contribution in [-0.2, 0) is 45.2 Å². The molecule has 0 aliphatic carbocycles. The number of hydrogen-bond acceptors (Lipinski definition) is 18. The first kappa shape index (κ1) is 85.8. The third-order valence-corrected chi connectivity index (χ3v) is 14.9. The Hall–Kier alpha value is -12.9. The molecule has 2 amide bonds. The van der Waals surface area contributed by atoms with Crippen molar-refractivity contribution >= 4 is 90.4 Å². The molecule has 0 aliphatic rings. The summed E-state index contributed by atoms with van der Waals surface area (Å²) in [5, 5.41) is 34.8. The lowest BCUT2D eigenvalue weighted by Gasteiger charge is -2.01. The second-order valence-corrected chi connectivity index (χ2v) is 22.6. The number of methoxy groups -OCH3 is 2. The zero-order chi connectivity index (χ0) is 77.6. The van der Waals surface area contributed by atoms with E-state index in [1.165, 1.54) is 77.0 Å². The van der Waals surface area contributed by atoms with Crippen molar-refractivity contribution < 1.29 is 39.1 Å². The molecule has 20 heteroatoms. The van der Waals surface area contributed by atoms with Crippen molar-refractivity contribution in [2.24, 2.45) is 5.73 Å². The highest BCUT2D eigenvalue weighted by Gasteiger charge is 2.05. The van der Waals surface area contributed by atoms with E-state index in [1.54, 1.807) is 41.9 Å². The Balaban J connectivity index is 0.000000218. The maximum atomic E-state index is 11.0. The predicted molar refractivity (Wildman–Crippen MR) is 436 cm³/mol. The van der Waals surface area contributed by atoms with Crippen LogP contribution in [0.2, 0.25) is 0 Å². The van der Waals surface area contributed by atoms with Crippen molar-refractivity contribution in [3.05, 3.63) is 367 Å². The fourth-order valence-electron chi connectivity index (χ4n) is 9.55. The normalized spacial score (nSPS) is 9.94. The molecule has 10 N–H and O–H groups in total. The molecule has 0 aliphatic heterocycles. The van der Waals surface area contributed by atoms with E-state index in [9.17, 15) is 19.2 Å². The molecule has 9 aromatic carbocycles. The van der Waals surface area contributed by atoms with Crippen molar-refractivity contribution in [1.82, 2.24) is 57.1 Å². The van der Waals surface area contributed by atoms with Crippen molar-refractivity contribution in [2.45, 2.75) is 26.2 Å². The Bertz CT molecular complexity index is 4060. The van der Waals surface area contributed by atoms with Crippen LogP contribution in [0.4, 0.5) is 0 Å². The first-order valence-corrected chi connectivity index (χ1v) is 34.3. The van der Waals surface area contributed by atoms with Gasteiger partial charge in [-0.15, -0.1) is 0 Å². The third-order valence-electron chi connectivity index (χ3n) is 14.9. The van der Waals surface area contributed by atoms with E-state index in [-0.39, 0.29) is 11.9 Å². The van der Waals surface area contributed by atoms with Gasteiger partial charge >= 0.3 is 11.9 Å². The van der Waals surface area contributed by atoms with Crippen LogP contribution < -0.4 is 38.0 Å². The van der Waals surface area contributed by atoms with Gasteiger partial charge in [0.1, 0.15) is 0 Å². The van der Waals surface area contributed by atoms with E-state index in [0.29, 0.717) is 11.1 Å². The second-order valence-electron chi connectivity index (χ2n) is 22.6. The third kappa shape index (κ3) is 32.8. The van der Waals surface area contributed by atoms with Crippen molar-refractivity contribution in [1.29, 1.82) is 0 Å². The quantitative estimate of drug-likeness (QED) is 0.0212. The average Bonchev–Trinajstić information content (AvgIpc) is 0.872. The molecule has 5 heterocycles. The molecule has 14 aromatic rings. The van der Waals surface area contributed by atoms with Crippen LogP contribution in [0, 0.1) is 0 Å². The van der Waals surface area contributed by atoms with Crippen LogP contribution in [0.25, 0.3) is 66.7 Å². The van der Waals surface area contributed by atoms with Crippen molar-refractivity contribution in [3.8, 4) is 0 Å². The van der Waals surface area contributed by atoms with Gasteiger partial charge in [0.05, 0.1) is 47.4 Å². The number of nitrogens with one attached hydrogen (secondary N) is 6. The zero-order valence-electron chi connectivity index (χ0n) is 61.7. The number of nitrogens with two attached hydrogens (primary N) is 1. The highest BCUT2D eigenvalue weighted by molar-refractivity contribution is 5.93. The lowest BCUT2D eigenvalue weighted by molar-refractivity contribution is -0.134. The Morgan fingerprint density at radius 3 is 0.843 bits per heavy atom. The van der Waals surface area contributed by atoms with E-state index < -0.39 is 11.8 Å². The summed E-state index contributed by atoms with van der Waals surface area (Å²) in [6.45, 7) is 3.24. The van der Waals surface area contributed by atoms with Gasteiger partial charge in [-0.2, -0.15) is 0 Å². The molecule has 0 spiro atoms. The molecule has 0 unspecified atom stereocenters. The number of amides is 2. The van der Waals surface area contributed by atoms with Crippen LogP contribution >= 0.6 is 0 Å². The summed E-state index contributed by atoms with van der Waals surface area (Å²) < 4.78 is 9.08. The number of carbonyl (C=O) groups is 4. The lowest BCUT2D eigenvalue weighted by atomic mass is 10.1. The molecule has 554 valence electrons. The smallest absolute Gasteiger partial charge is 0.337 e. The van der Waals surface area contributed by atoms with Gasteiger partial charge in [0, 0.05) is 102 Å². The number of esters is 2. The van der Waals surface area contributed by atoms with Gasteiger partial charge in [0.2, 0.25) is 0 Å². The summed E-state index contributed by atoms with van der Waals surface area (Å²) in [7, 11) is 11.8. The fourth-order valence-corrected chi connectivity index (χ4v) is 9.55. The topological polar surface area (TPSA) is 290 Å². The molecule has 0 fully saturated rings. The molecule has 0 saturated carbocycles. The number of rotatable bonds is 14. The standard InChI is InChI=1S/C12H15NO2.C11H14N2O2.C10H13NO2.C9H12N2O2.5C9H7N.CH5N/c1-13-9-11-5-3-10(4-6-11)7-8-12(14)15-2;1-12-8-10-4-2-9(3-5-10)6-7-11(14)13-15;1-11-7-8-3-5-9(6-4-8)10(12)13-2;1-10-6-7-2-4-8(5-3-7)9(12)11-13;5*1-2-6-9-8(4-1)5-3-7-10-9;1-2/h3-8,13H,9H2,1-2H3;2-7,12,15H,8H2,1H3,(H,13,14);3-6,11H,7H2,1-2H3;2-5,10,13H,6H2,1H3,(H,11,12);5*1-7H;2H2,1H3/b8-7+;7-6+;;;;;;;;. The monoisotopic (exact) mass is 1450 g/mol. The number of ether oxygens (including phenoxy) is 2. The van der Waals surface area contributed by atoms with E-state index in [4.69, 9.17) is 10.4 Å². The van der Waals surface area contributed by atoms with Gasteiger partial charge in [-0.25, -0.2) is 20.5 Å². The van der Waals surface area contributed by atoms with E-state index in [1.807, 2.05) is 253 Å². The molecule has 0 atom stereocenters. The number of para-hydroxylation sites is 5. The lowest BCUT2D eigenvalue weighted by Crippen LogP contribution is -2.18. The molecular formula is C88H94N12O8. The molecule has 0 saturated heterocycles. The van der Waals surface area contributed by atoms with Gasteiger partial charge in [-0.1, -0.05) is 194 Å². The molecule has 0 radical (unpaired) electrons. The summed E-state index contributed by atoms with van der Waals surface area (Å²) in [5.74, 6) is -1.66. The molecule has 5 aromatic heterocycles. The SMILES string of the molecule is CN.CNCc1ccc(/C=C/C(=O)NO)cc1.CNCc1ccc(/C=C/C(=O)OC)cc1.CNCc1ccc(C(=O)NO)cc1.CNCc1ccc(C(=O)OC)cc1.c1ccc2ncccc2c1.c1ccc2ncccc2c1.c1ccc2ncccc2c1.c1ccc2ncccc2c1.c1ccc2ncccc2c1. The molecule has 14 rings (SSSR count). The van der Waals surface area contributed by atoms with Crippen LogP contribution in [0.15, 0.2) is 322 Å². The van der Waals surface area contributed by atoms with E-state index >= 15 is 0 Å². The first-order valence-electron chi connectivity index (χ1n) is 34.3. The molecular weight excluding hydrogens is 1350 g/mol. The number of benzene rings is 9. The number of aromatic nitrogens is 5. The average molecular weight is 1450 g/mol. The Morgan fingerprint density at radius 1 is 0.333 bits per heavy atom. The van der Waals surface area contributed by atoms with Gasteiger partial charge in [-0.3, -0.25) is 44.9 Å². The number of hydrogen-bond donors (Lipinski definition) is 9. The maximum Gasteiger partial charge on any atom is 0.337 e. The summed E-state index contributed by atoms with van der Waals surface area (Å²) in [4.78, 5) is 64.4. The van der Waals surface area contributed by atoms with Gasteiger partial charge in [0.25, 0.3) is 11.8 Å². The zero-order valence-corrected chi connectivity index (χ0v) is 61.7. The van der Waals surface area contributed by atoms with Gasteiger partial charge in [-0.05, 0) is 166 Å². The number of hydroxylamine groups is 2. The van der Waals surface area contributed by atoms with Crippen molar-refractivity contribution in [3.63, 3.8) is 0 Å². The Morgan fingerprint density at radius 2 is 0.593 bits per heavy atom. The Labute approximate surface area is 631 Å². The van der Waals surface area contributed by atoms with Gasteiger partial charge < -0.3 is 36.5 Å². The number of fused-ring (bicyclic) bond motifs is 5. The van der Waals surface area contributed by atoms with Crippen molar-refractivity contribution in [2.75, 3.05) is 49.5 Å². The summed E-state index contributed by atoms with van der Waals surface area (Å²) in [6.07, 6.45) is 15.1. The van der Waals surface area contributed by atoms with Gasteiger partial charge in [0.15, 0.2) is 0 Å². The van der Waals surface area contributed by atoms with Crippen LogP contribution in [0.5, 0.6) is 0 Å². The van der Waals surface area contributed by atoms with E-state index in [2.05, 4.69) is 122 Å². The highest BCUT2D eigenvalue weighted by Crippen LogP contribution is 2.14. The summed E-state index contributed by atoms with van der Waals surface area (Å²) in [6, 6.07) is 90.5. The first-order chi connectivity index (χ1) is 52.9. The summed E-state index contributed by atoms with van der Waals surface area (Å²) in [5.41, 5.74) is 20.5. The van der Waals surface area contributed by atoms with E-state index in [0.717, 1.165) is 76.0 Å². The maximum absolute atomic E-state index is 11.0. The van der Waals surface area contributed by atoms with Crippen LogP contribution in [0.1, 0.15) is 54.1 Å². The minimum Gasteiger partial charge on any atom is -0.466 e. The molecule has 108 heavy (non-hydrogen) atoms. The Kier molecular flexibility index (Phi) is 41.4. The minimum atomic E-state index is -0.533. The van der Waals surface area contributed by atoms with Crippen LogP contribution in [-0.4, -0.2) is 109 Å². The second kappa shape index (κ2) is 52.1. The number of carbonyl (C=O) groups excluding carboxylic acids is 4. The predicted octanol–water partition coefficient (Wildman–Crippen LogP) is 15.0. The number of nitrogens with zero attached hydrogens (tertiary/aromatic N) is 5. The molecule has 0 bridgehead atoms. The summed E-state index contributed by atoms with van der Waals surface area (Å²) >= 11 is 0. The van der Waals surface area contributed by atoms with Crippen LogP contribution in [0.3, 0.4) is 0 Å². The number of pyridine rings is 5. The molecule has 20 nitrogen and oxygen atoms in total. The largest absolute Gasteiger partial charge is 0.466 e. The fraction of sp³-hybridized carbons (Fsp3) is 0.125. The minimum absolute atomic E-state index is 0.295. The highest BCUT2D eigenvalue weighted by atomic mass is 16.5.